The SMILES string of the molecule is CCn1nccc1C(=O)N1CCCCC1(C)c1noc(C2CC2)n1. The molecule has 1 saturated heterocycles. The molecule has 1 aliphatic heterocycles. The van der Waals surface area contributed by atoms with E-state index < -0.39 is 5.54 Å². The molecule has 2 fully saturated rings. The zero-order valence-electron chi connectivity index (χ0n) is 14.2. The highest BCUT2D eigenvalue weighted by atomic mass is 16.5. The Labute approximate surface area is 141 Å². The van der Waals surface area contributed by atoms with Crippen molar-refractivity contribution >= 4 is 5.91 Å². The maximum absolute atomic E-state index is 13.2. The number of hydrogen-bond donors (Lipinski definition) is 0. The van der Waals surface area contributed by atoms with Crippen molar-refractivity contribution in [1.82, 2.24) is 24.8 Å². The van der Waals surface area contributed by atoms with Gasteiger partial charge in [-0.1, -0.05) is 5.16 Å². The zero-order valence-corrected chi connectivity index (χ0v) is 14.2. The van der Waals surface area contributed by atoms with Crippen molar-refractivity contribution in [3.05, 3.63) is 29.7 Å². The lowest BCUT2D eigenvalue weighted by Crippen LogP contribution is -2.51. The van der Waals surface area contributed by atoms with Crippen LogP contribution in [0.4, 0.5) is 0 Å². The molecule has 0 radical (unpaired) electrons. The number of aromatic nitrogens is 4. The van der Waals surface area contributed by atoms with Crippen molar-refractivity contribution in [3.8, 4) is 0 Å². The van der Waals surface area contributed by atoms with Crippen molar-refractivity contribution in [3.63, 3.8) is 0 Å². The van der Waals surface area contributed by atoms with E-state index >= 15 is 0 Å². The lowest BCUT2D eigenvalue weighted by molar-refractivity contribution is 0.0313. The van der Waals surface area contributed by atoms with Crippen molar-refractivity contribution in [1.29, 1.82) is 0 Å². The van der Waals surface area contributed by atoms with Gasteiger partial charge in [-0.2, -0.15) is 10.1 Å². The molecule has 1 unspecified atom stereocenters. The molecular formula is C17H23N5O2. The Morgan fingerprint density at radius 1 is 1.42 bits per heavy atom. The average Bonchev–Trinajstić information content (AvgIpc) is 3.14. The lowest BCUT2D eigenvalue weighted by Gasteiger charge is -2.42. The smallest absolute Gasteiger partial charge is 0.272 e. The van der Waals surface area contributed by atoms with Crippen LogP contribution < -0.4 is 0 Å². The molecule has 0 N–H and O–H groups in total. The van der Waals surface area contributed by atoms with Gasteiger partial charge in [-0.25, -0.2) is 0 Å². The Balaban J connectivity index is 1.67. The molecule has 3 heterocycles. The van der Waals surface area contributed by atoms with Crippen LogP contribution in [0, 0.1) is 0 Å². The molecule has 128 valence electrons. The van der Waals surface area contributed by atoms with Gasteiger partial charge in [0.1, 0.15) is 11.2 Å². The third kappa shape index (κ3) is 2.42. The molecule has 1 atom stereocenters. The number of piperidine rings is 1. The van der Waals surface area contributed by atoms with Crippen molar-refractivity contribution in [2.75, 3.05) is 6.54 Å². The minimum atomic E-state index is -0.519. The van der Waals surface area contributed by atoms with E-state index in [0.717, 1.165) is 38.0 Å². The average molecular weight is 329 g/mol. The second-order valence-electron chi connectivity index (χ2n) is 6.95. The summed E-state index contributed by atoms with van der Waals surface area (Å²) in [6.45, 7) is 5.42. The summed E-state index contributed by atoms with van der Waals surface area (Å²) in [6, 6.07) is 1.78. The third-order valence-electron chi connectivity index (χ3n) is 5.22. The van der Waals surface area contributed by atoms with Gasteiger partial charge in [0.25, 0.3) is 5.91 Å². The van der Waals surface area contributed by atoms with Crippen LogP contribution in [0.25, 0.3) is 0 Å². The van der Waals surface area contributed by atoms with Crippen LogP contribution in [0.5, 0.6) is 0 Å². The molecule has 1 aliphatic carbocycles. The van der Waals surface area contributed by atoms with E-state index in [4.69, 9.17) is 4.52 Å². The largest absolute Gasteiger partial charge is 0.339 e. The highest BCUT2D eigenvalue weighted by Crippen LogP contribution is 2.42. The molecular weight excluding hydrogens is 306 g/mol. The fraction of sp³-hybridized carbons (Fsp3) is 0.647. The summed E-state index contributed by atoms with van der Waals surface area (Å²) in [5.74, 6) is 1.78. The summed E-state index contributed by atoms with van der Waals surface area (Å²) in [6.07, 6.45) is 6.82. The number of carbonyl (C=O) groups is 1. The molecule has 7 nitrogen and oxygen atoms in total. The summed E-state index contributed by atoms with van der Waals surface area (Å²) in [7, 11) is 0. The molecule has 24 heavy (non-hydrogen) atoms. The summed E-state index contributed by atoms with van der Waals surface area (Å²) >= 11 is 0. The molecule has 7 heteroatoms. The Morgan fingerprint density at radius 3 is 3.00 bits per heavy atom. The standard InChI is InChI=1S/C17H23N5O2/c1-3-22-13(8-10-18-22)15(23)21-11-5-4-9-17(21,2)16-19-14(24-20-16)12-6-7-12/h8,10,12H,3-7,9,11H2,1-2H3. The summed E-state index contributed by atoms with van der Waals surface area (Å²) < 4.78 is 7.19. The zero-order chi connectivity index (χ0) is 16.7. The highest BCUT2D eigenvalue weighted by Gasteiger charge is 2.44. The maximum atomic E-state index is 13.2. The molecule has 2 aliphatic rings. The predicted molar refractivity (Wildman–Crippen MR) is 86.4 cm³/mol. The quantitative estimate of drug-likeness (QED) is 0.862. The second kappa shape index (κ2) is 5.72. The molecule has 1 amide bonds. The van der Waals surface area contributed by atoms with Crippen molar-refractivity contribution < 1.29 is 9.32 Å². The monoisotopic (exact) mass is 329 g/mol. The Bertz CT molecular complexity index is 748. The molecule has 1 saturated carbocycles. The van der Waals surface area contributed by atoms with Gasteiger partial charge in [0.2, 0.25) is 5.89 Å². The van der Waals surface area contributed by atoms with Crippen LogP contribution >= 0.6 is 0 Å². The molecule has 0 aromatic carbocycles. The van der Waals surface area contributed by atoms with E-state index in [0.29, 0.717) is 30.5 Å². The molecule has 0 spiro atoms. The van der Waals surface area contributed by atoms with Gasteiger partial charge in [-0.05, 0) is 52.0 Å². The molecule has 0 bridgehead atoms. The van der Waals surface area contributed by atoms with Gasteiger partial charge >= 0.3 is 0 Å². The molecule has 4 rings (SSSR count). The number of rotatable bonds is 4. The lowest BCUT2D eigenvalue weighted by atomic mass is 9.87. The molecule has 2 aromatic heterocycles. The highest BCUT2D eigenvalue weighted by molar-refractivity contribution is 5.93. The Morgan fingerprint density at radius 2 is 2.25 bits per heavy atom. The Kier molecular flexibility index (Phi) is 3.66. The maximum Gasteiger partial charge on any atom is 0.272 e. The number of likely N-dealkylation sites (tertiary alicyclic amines) is 1. The summed E-state index contributed by atoms with van der Waals surface area (Å²) in [5.41, 5.74) is 0.103. The fourth-order valence-electron chi connectivity index (χ4n) is 3.53. The fourth-order valence-corrected chi connectivity index (χ4v) is 3.53. The van der Waals surface area contributed by atoms with Crippen LogP contribution in [0.15, 0.2) is 16.8 Å². The van der Waals surface area contributed by atoms with E-state index in [-0.39, 0.29) is 5.91 Å². The summed E-state index contributed by atoms with van der Waals surface area (Å²) in [4.78, 5) is 19.7. The van der Waals surface area contributed by atoms with Crippen LogP contribution in [-0.2, 0) is 12.1 Å². The minimum absolute atomic E-state index is 0.00526. The summed E-state index contributed by atoms with van der Waals surface area (Å²) in [5, 5.41) is 8.45. The first-order valence-corrected chi connectivity index (χ1v) is 8.81. The van der Waals surface area contributed by atoms with Gasteiger partial charge < -0.3 is 9.42 Å². The van der Waals surface area contributed by atoms with E-state index in [1.165, 1.54) is 0 Å². The number of hydrogen-bond acceptors (Lipinski definition) is 5. The first kappa shape index (κ1) is 15.4. The van der Waals surface area contributed by atoms with Crippen LogP contribution in [0.2, 0.25) is 0 Å². The first-order valence-electron chi connectivity index (χ1n) is 8.81. The van der Waals surface area contributed by atoms with Crippen LogP contribution in [0.1, 0.15) is 74.1 Å². The number of aryl methyl sites for hydroxylation is 1. The topological polar surface area (TPSA) is 77.0 Å². The van der Waals surface area contributed by atoms with Crippen molar-refractivity contribution in [2.45, 2.75) is 64.0 Å². The van der Waals surface area contributed by atoms with Gasteiger partial charge in [-0.3, -0.25) is 9.48 Å². The number of carbonyl (C=O) groups excluding carboxylic acids is 1. The van der Waals surface area contributed by atoms with Gasteiger partial charge in [0, 0.05) is 25.2 Å². The van der Waals surface area contributed by atoms with Crippen molar-refractivity contribution in [2.24, 2.45) is 0 Å². The van der Waals surface area contributed by atoms with E-state index in [2.05, 4.69) is 22.2 Å². The van der Waals surface area contributed by atoms with Gasteiger partial charge in [0.15, 0.2) is 5.82 Å². The van der Waals surface area contributed by atoms with Gasteiger partial charge in [-0.15, -0.1) is 0 Å². The predicted octanol–water partition coefficient (Wildman–Crippen LogP) is 2.70. The second-order valence-corrected chi connectivity index (χ2v) is 6.95. The third-order valence-corrected chi connectivity index (χ3v) is 5.22. The number of amides is 1. The number of nitrogens with zero attached hydrogens (tertiary/aromatic N) is 5. The molecule has 2 aromatic rings. The Hall–Kier alpha value is -2.18. The first-order chi connectivity index (χ1) is 11.6. The van der Waals surface area contributed by atoms with E-state index in [1.807, 2.05) is 11.8 Å². The minimum Gasteiger partial charge on any atom is -0.339 e. The van der Waals surface area contributed by atoms with Crippen LogP contribution in [-0.4, -0.2) is 37.3 Å². The van der Waals surface area contributed by atoms with E-state index in [9.17, 15) is 4.79 Å². The van der Waals surface area contributed by atoms with Gasteiger partial charge in [0.05, 0.1) is 0 Å². The van der Waals surface area contributed by atoms with E-state index in [1.54, 1.807) is 16.9 Å². The normalized spacial score (nSPS) is 24.3. The van der Waals surface area contributed by atoms with Crippen LogP contribution in [0.3, 0.4) is 0 Å².